The van der Waals surface area contributed by atoms with Crippen molar-refractivity contribution in [2.24, 2.45) is 0 Å². The molecule has 0 amide bonds. The maximum atomic E-state index is 10.5. The Morgan fingerprint density at radius 3 is 2.22 bits per heavy atom. The molecule has 1 aromatic heterocycles. The fourth-order valence-corrected chi connectivity index (χ4v) is 6.06. The van der Waals surface area contributed by atoms with Crippen molar-refractivity contribution in [1.29, 1.82) is 0 Å². The second-order valence-corrected chi connectivity index (χ2v) is 12.8. The predicted molar refractivity (Wildman–Crippen MR) is 185 cm³/mol. The van der Waals surface area contributed by atoms with Crippen molar-refractivity contribution in [2.75, 3.05) is 30.0 Å². The molecule has 5 aromatic rings. The molecular weight excluding hydrogens is 645 g/mol. The number of hydrogen-bond donors (Lipinski definition) is 2. The zero-order chi connectivity index (χ0) is 33.0. The first-order valence-corrected chi connectivity index (χ1v) is 16.8. The van der Waals surface area contributed by atoms with Gasteiger partial charge in [0.25, 0.3) is 15.6 Å². The molecule has 0 atom stereocenters. The molecule has 6 rings (SSSR count). The molecule has 0 unspecified atom stereocenters. The summed E-state index contributed by atoms with van der Waals surface area (Å²) in [4.78, 5) is 4.00. The Hall–Kier alpha value is -4.12. The number of anilines is 2. The number of fused-ring (bicyclic) bond motifs is 2. The van der Waals surface area contributed by atoms with E-state index in [4.69, 9.17) is 32.2 Å². The number of benzene rings is 4. The minimum Gasteiger partial charge on any atom is -0.398 e. The van der Waals surface area contributed by atoms with Crippen molar-refractivity contribution < 1.29 is 27.1 Å². The highest BCUT2D eigenvalue weighted by atomic mass is 35.5. The number of allylic oxidation sites excluding steroid dienone is 2. The minimum atomic E-state index is -4.02. The number of halogens is 2. The summed E-state index contributed by atoms with van der Waals surface area (Å²) in [5.74, 6) is 1.68. The fraction of sp³-hybridized carbons (Fsp3) is 0.171. The highest BCUT2D eigenvalue weighted by Crippen LogP contribution is 2.44. The van der Waals surface area contributed by atoms with E-state index in [9.17, 15) is 13.5 Å². The van der Waals surface area contributed by atoms with Crippen molar-refractivity contribution in [1.82, 2.24) is 0 Å². The molecule has 0 spiro atoms. The summed E-state index contributed by atoms with van der Waals surface area (Å²) < 4.78 is 37.9. The largest absolute Gasteiger partial charge is 0.398 e. The van der Waals surface area contributed by atoms with Gasteiger partial charge in [-0.15, -0.1) is 0 Å². The number of oxazole rings is 1. The number of rotatable bonds is 7. The highest BCUT2D eigenvalue weighted by Gasteiger charge is 2.29. The van der Waals surface area contributed by atoms with Gasteiger partial charge in [-0.2, -0.15) is 13.0 Å². The van der Waals surface area contributed by atoms with E-state index in [-0.39, 0.29) is 11.5 Å². The second-order valence-electron chi connectivity index (χ2n) is 10.6. The van der Waals surface area contributed by atoms with Crippen molar-refractivity contribution >= 4 is 61.9 Å². The number of nitrogens with zero attached hydrogens (tertiary/aromatic N) is 3. The van der Waals surface area contributed by atoms with Crippen LogP contribution >= 0.6 is 23.2 Å². The van der Waals surface area contributed by atoms with Gasteiger partial charge in [0.05, 0.1) is 39.0 Å². The summed E-state index contributed by atoms with van der Waals surface area (Å²) in [5, 5.41) is 10.6. The number of aromatic nitrogens is 1. The van der Waals surface area contributed by atoms with Gasteiger partial charge in [0, 0.05) is 19.7 Å². The third kappa shape index (κ3) is 7.14. The molecule has 46 heavy (non-hydrogen) atoms. The molecular formula is C35H34Cl2N3O5S+. The number of aliphatic hydroxyl groups is 1. The van der Waals surface area contributed by atoms with E-state index >= 15 is 0 Å². The average Bonchev–Trinajstić information content (AvgIpc) is 3.51. The summed E-state index contributed by atoms with van der Waals surface area (Å²) in [5.41, 5.74) is 7.03. The van der Waals surface area contributed by atoms with Crippen LogP contribution in [-0.4, -0.2) is 38.3 Å². The molecule has 2 N–H and O–H groups in total. The Morgan fingerprint density at radius 2 is 1.59 bits per heavy atom. The fourth-order valence-electron chi connectivity index (χ4n) is 5.26. The lowest BCUT2D eigenvalue weighted by Gasteiger charge is -2.21. The lowest BCUT2D eigenvalue weighted by molar-refractivity contribution is -0.674. The maximum Gasteiger partial charge on any atom is 0.374 e. The van der Waals surface area contributed by atoms with Crippen LogP contribution < -0.4 is 14.4 Å². The van der Waals surface area contributed by atoms with Gasteiger partial charge < -0.3 is 19.3 Å². The van der Waals surface area contributed by atoms with E-state index < -0.39 is 10.1 Å². The van der Waals surface area contributed by atoms with E-state index in [0.717, 1.165) is 51.9 Å². The van der Waals surface area contributed by atoms with Crippen LogP contribution in [0.25, 0.3) is 28.3 Å². The van der Waals surface area contributed by atoms with Crippen molar-refractivity contribution in [2.45, 2.75) is 25.3 Å². The zero-order valence-electron chi connectivity index (χ0n) is 25.6. The van der Waals surface area contributed by atoms with Crippen molar-refractivity contribution in [3.63, 3.8) is 0 Å². The van der Waals surface area contributed by atoms with Crippen LogP contribution in [0.4, 0.5) is 11.4 Å². The molecule has 0 saturated carbocycles. The Kier molecular flexibility index (Phi) is 10.2. The Labute approximate surface area is 278 Å². The quantitative estimate of drug-likeness (QED) is 0.134. The Balaban J connectivity index is 0.000000322. The molecule has 8 nitrogen and oxygen atoms in total. The first kappa shape index (κ1) is 33.2. The van der Waals surface area contributed by atoms with Gasteiger partial charge in [0.1, 0.15) is 12.4 Å². The van der Waals surface area contributed by atoms with Crippen LogP contribution in [-0.2, 0) is 16.7 Å². The minimum absolute atomic E-state index is 0.0116. The lowest BCUT2D eigenvalue weighted by Crippen LogP contribution is -2.33. The number of aryl methyl sites for hydroxylation is 2. The molecule has 0 saturated heterocycles. The zero-order valence-corrected chi connectivity index (χ0v) is 27.9. The summed E-state index contributed by atoms with van der Waals surface area (Å²) >= 11 is 12.5. The topological polar surface area (TPSA) is 98.1 Å². The van der Waals surface area contributed by atoms with Crippen LogP contribution in [0.2, 0.25) is 10.0 Å². The van der Waals surface area contributed by atoms with Crippen LogP contribution in [0, 0.1) is 6.92 Å². The monoisotopic (exact) mass is 678 g/mol. The molecule has 238 valence electrons. The first-order chi connectivity index (χ1) is 22.0. The lowest BCUT2D eigenvalue weighted by atomic mass is 10.1. The molecule has 1 aliphatic rings. The first-order valence-electron chi connectivity index (χ1n) is 14.6. The summed E-state index contributed by atoms with van der Waals surface area (Å²) in [6, 6.07) is 26.3. The van der Waals surface area contributed by atoms with Gasteiger partial charge in [0.2, 0.25) is 5.58 Å². The van der Waals surface area contributed by atoms with Crippen LogP contribution in [0.1, 0.15) is 18.4 Å². The summed E-state index contributed by atoms with van der Waals surface area (Å²) in [6.45, 7) is 5.18. The standard InChI is InChI=1S/C28H26Cl2N3O2.C7H8O3S/c1-3-32-25-16-20(19-8-5-4-6-9-19)12-13-26(25)35-28(32)11-7-10-27-31(2)23-17-21(29)22(30)18-24(23)33(27)14-15-34;1-6-2-4-7(5-3-6)11(8,9)10/h4-13,16-18,34H,3,14-15H2,1-2H3;2-5H,1H3,(H,8,9,10)/q+1;. The molecule has 0 bridgehead atoms. The van der Waals surface area contributed by atoms with Crippen LogP contribution in [0.15, 0.2) is 112 Å². The Morgan fingerprint density at radius 1 is 0.913 bits per heavy atom. The second kappa shape index (κ2) is 14.1. The van der Waals surface area contributed by atoms with E-state index in [0.29, 0.717) is 16.6 Å². The number of hydrogen-bond acceptors (Lipinski definition) is 6. The molecule has 0 fully saturated rings. The van der Waals surface area contributed by atoms with Gasteiger partial charge in [-0.1, -0.05) is 77.3 Å². The van der Waals surface area contributed by atoms with Crippen LogP contribution in [0.5, 0.6) is 0 Å². The van der Waals surface area contributed by atoms with Gasteiger partial charge in [-0.05, 0) is 67.5 Å². The van der Waals surface area contributed by atoms with E-state index in [1.807, 2.05) is 78.4 Å². The third-order valence-electron chi connectivity index (χ3n) is 7.57. The summed E-state index contributed by atoms with van der Waals surface area (Å²) in [6.07, 6.45) is 5.93. The molecule has 0 aliphatic carbocycles. The third-order valence-corrected chi connectivity index (χ3v) is 9.16. The van der Waals surface area contributed by atoms with Gasteiger partial charge in [0.15, 0.2) is 0 Å². The normalized spacial score (nSPS) is 13.8. The highest BCUT2D eigenvalue weighted by molar-refractivity contribution is 7.85. The van der Waals surface area contributed by atoms with Crippen molar-refractivity contribution in [3.05, 3.63) is 124 Å². The molecule has 2 heterocycles. The number of β-amino-alcohol motifs (C(OH)–C–C–N with tert-alkyl or cyclic N) is 1. The molecule has 11 heteroatoms. The Bertz CT molecular complexity index is 2030. The smallest absolute Gasteiger partial charge is 0.374 e. The summed E-state index contributed by atoms with van der Waals surface area (Å²) in [7, 11) is -2.05. The molecule has 0 radical (unpaired) electrons. The molecule has 1 aliphatic heterocycles. The van der Waals surface area contributed by atoms with Gasteiger partial charge in [-0.3, -0.25) is 4.55 Å². The molecule has 4 aromatic carbocycles. The number of aliphatic hydroxyl groups excluding tert-OH is 1. The van der Waals surface area contributed by atoms with E-state index in [1.54, 1.807) is 12.1 Å². The van der Waals surface area contributed by atoms with Gasteiger partial charge in [-0.25, -0.2) is 0 Å². The van der Waals surface area contributed by atoms with Crippen LogP contribution in [0.3, 0.4) is 0 Å². The average molecular weight is 680 g/mol. The predicted octanol–water partition coefficient (Wildman–Crippen LogP) is 7.76. The maximum absolute atomic E-state index is 10.5. The van der Waals surface area contributed by atoms with Crippen molar-refractivity contribution in [3.8, 4) is 11.1 Å². The van der Waals surface area contributed by atoms with E-state index in [1.165, 1.54) is 17.7 Å². The van der Waals surface area contributed by atoms with E-state index in [2.05, 4.69) is 35.8 Å². The van der Waals surface area contributed by atoms with Gasteiger partial charge >= 0.3 is 5.89 Å². The SMILES string of the molecule is CC[n+]1c(C=CC=C2N(C)c3cc(Cl)c(Cl)cc3N2CCO)oc2ccc(-c3ccccc3)cc21.Cc1ccc(S(=O)(=O)O)cc1.